The van der Waals surface area contributed by atoms with Crippen LogP contribution in [0.1, 0.15) is 18.4 Å². The molecule has 2 aromatic rings. The maximum atomic E-state index is 11.9. The first-order chi connectivity index (χ1) is 12.7. The second-order valence-electron chi connectivity index (χ2n) is 6.07. The number of carbonyl (C=O) groups is 1. The molecule has 0 aliphatic heterocycles. The highest BCUT2D eigenvalue weighted by atomic mass is 35.5. The van der Waals surface area contributed by atoms with Gasteiger partial charge >= 0.3 is 0 Å². The van der Waals surface area contributed by atoms with Crippen molar-refractivity contribution in [2.24, 2.45) is 0 Å². The quantitative estimate of drug-likeness (QED) is 0.524. The Hall–Kier alpha value is -1.76. The molecule has 5 nitrogen and oxygen atoms in total. The molecule has 8 heteroatoms. The van der Waals surface area contributed by atoms with Gasteiger partial charge in [-0.25, -0.2) is 8.42 Å². The fraction of sp³-hybridized carbons (Fsp3) is 0.316. The molecule has 0 saturated heterocycles. The number of benzene rings is 2. The summed E-state index contributed by atoms with van der Waals surface area (Å²) in [5.41, 5.74) is 0.677. The van der Waals surface area contributed by atoms with Gasteiger partial charge in [-0.3, -0.25) is 4.79 Å². The molecule has 0 radical (unpaired) electrons. The summed E-state index contributed by atoms with van der Waals surface area (Å²) in [5, 5.41) is 0.877. The first-order valence-corrected chi connectivity index (χ1v) is 11.0. The summed E-state index contributed by atoms with van der Waals surface area (Å²) >= 11 is 11.7. The van der Waals surface area contributed by atoms with E-state index in [0.29, 0.717) is 46.6 Å². The molecule has 0 heterocycles. The van der Waals surface area contributed by atoms with Crippen LogP contribution in [0.5, 0.6) is 11.5 Å². The maximum absolute atomic E-state index is 11.9. The highest BCUT2D eigenvalue weighted by molar-refractivity contribution is 7.89. The molecule has 0 aliphatic rings. The molecule has 0 N–H and O–H groups in total. The van der Waals surface area contributed by atoms with Crippen molar-refractivity contribution in [3.8, 4) is 11.5 Å². The maximum Gasteiger partial charge on any atom is 0.170 e. The lowest BCUT2D eigenvalue weighted by molar-refractivity contribution is -0.121. The summed E-state index contributed by atoms with van der Waals surface area (Å²) in [6, 6.07) is 11.6. The van der Waals surface area contributed by atoms with Crippen LogP contribution < -0.4 is 9.47 Å². The minimum absolute atomic E-state index is 0.0228. The summed E-state index contributed by atoms with van der Waals surface area (Å²) in [6.07, 6.45) is 2.06. The van der Waals surface area contributed by atoms with E-state index in [1.54, 1.807) is 42.5 Å². The minimum Gasteiger partial charge on any atom is -0.494 e. The van der Waals surface area contributed by atoms with Crippen molar-refractivity contribution in [3.63, 3.8) is 0 Å². The largest absolute Gasteiger partial charge is 0.494 e. The Kier molecular flexibility index (Phi) is 7.95. The van der Waals surface area contributed by atoms with Crippen LogP contribution in [0.4, 0.5) is 0 Å². The Labute approximate surface area is 169 Å². The van der Waals surface area contributed by atoms with Crippen molar-refractivity contribution < 1.29 is 22.7 Å². The van der Waals surface area contributed by atoms with Crippen LogP contribution in [0.25, 0.3) is 0 Å². The van der Waals surface area contributed by atoms with Crippen molar-refractivity contribution in [2.75, 3.05) is 19.5 Å². The summed E-state index contributed by atoms with van der Waals surface area (Å²) in [7, 11) is -3.07. The molecule has 0 atom stereocenters. The zero-order chi connectivity index (χ0) is 19.9. The van der Waals surface area contributed by atoms with E-state index in [1.807, 2.05) is 0 Å². The second-order valence-corrected chi connectivity index (χ2v) is 9.02. The fourth-order valence-corrected chi connectivity index (χ4v) is 3.33. The molecule has 0 saturated carbocycles. The smallest absolute Gasteiger partial charge is 0.170 e. The molecule has 0 bridgehead atoms. The van der Waals surface area contributed by atoms with Gasteiger partial charge in [-0.2, -0.15) is 0 Å². The average Bonchev–Trinajstić information content (AvgIpc) is 2.60. The van der Waals surface area contributed by atoms with Crippen LogP contribution in [0.3, 0.4) is 0 Å². The molecule has 0 unspecified atom stereocenters. The SMILES string of the molecule is CS(=O)(=O)Cc1ccc(OCC(=O)CCCOc2ccc(Cl)c(Cl)c2)cc1. The van der Waals surface area contributed by atoms with Gasteiger partial charge in [-0.05, 0) is 36.2 Å². The third-order valence-corrected chi connectivity index (χ3v) is 5.11. The molecule has 2 aromatic carbocycles. The van der Waals surface area contributed by atoms with Crippen molar-refractivity contribution in [2.45, 2.75) is 18.6 Å². The number of rotatable bonds is 10. The fourth-order valence-electron chi connectivity index (χ4n) is 2.25. The Morgan fingerprint density at radius 2 is 1.63 bits per heavy atom. The lowest BCUT2D eigenvalue weighted by atomic mass is 10.2. The van der Waals surface area contributed by atoms with Crippen LogP contribution in [-0.4, -0.2) is 33.7 Å². The first-order valence-electron chi connectivity index (χ1n) is 8.22. The number of ketones is 1. The molecule has 27 heavy (non-hydrogen) atoms. The van der Waals surface area contributed by atoms with Gasteiger partial charge in [-0.1, -0.05) is 35.3 Å². The Morgan fingerprint density at radius 3 is 2.26 bits per heavy atom. The number of ether oxygens (including phenoxy) is 2. The predicted octanol–water partition coefficient (Wildman–Crippen LogP) is 4.35. The molecule has 0 spiro atoms. The van der Waals surface area contributed by atoms with Gasteiger partial charge in [0.05, 0.1) is 22.4 Å². The molecule has 0 aliphatic carbocycles. The molecular formula is C19H20Cl2O5S. The lowest BCUT2D eigenvalue weighted by Crippen LogP contribution is -2.12. The van der Waals surface area contributed by atoms with Crippen molar-refractivity contribution in [3.05, 3.63) is 58.1 Å². The average molecular weight is 431 g/mol. The molecule has 0 amide bonds. The number of hydrogen-bond acceptors (Lipinski definition) is 5. The number of hydrogen-bond donors (Lipinski definition) is 0. The Balaban J connectivity index is 1.67. The van der Waals surface area contributed by atoms with Gasteiger partial charge in [0.25, 0.3) is 0 Å². The van der Waals surface area contributed by atoms with Gasteiger partial charge in [0.1, 0.15) is 18.1 Å². The third-order valence-electron chi connectivity index (χ3n) is 3.51. The van der Waals surface area contributed by atoms with Gasteiger partial charge < -0.3 is 9.47 Å². The van der Waals surface area contributed by atoms with E-state index in [4.69, 9.17) is 32.7 Å². The van der Waals surface area contributed by atoms with E-state index >= 15 is 0 Å². The highest BCUT2D eigenvalue weighted by Crippen LogP contribution is 2.26. The van der Waals surface area contributed by atoms with Crippen LogP contribution in [0, 0.1) is 0 Å². The molecule has 0 aromatic heterocycles. The van der Waals surface area contributed by atoms with Gasteiger partial charge in [0.2, 0.25) is 0 Å². The minimum atomic E-state index is -3.07. The van der Waals surface area contributed by atoms with Crippen LogP contribution >= 0.6 is 23.2 Å². The molecule has 146 valence electrons. The van der Waals surface area contributed by atoms with Crippen molar-refractivity contribution in [1.29, 1.82) is 0 Å². The molecular weight excluding hydrogens is 411 g/mol. The Morgan fingerprint density at radius 1 is 0.963 bits per heavy atom. The number of Topliss-reactive ketones (excluding diaryl/α,β-unsaturated/α-hetero) is 1. The molecule has 2 rings (SSSR count). The zero-order valence-electron chi connectivity index (χ0n) is 14.8. The van der Waals surface area contributed by atoms with E-state index in [1.165, 1.54) is 6.26 Å². The highest BCUT2D eigenvalue weighted by Gasteiger charge is 2.07. The normalized spacial score (nSPS) is 11.2. The summed E-state index contributed by atoms with van der Waals surface area (Å²) in [5.74, 6) is 1.05. The van der Waals surface area contributed by atoms with Crippen LogP contribution in [0.15, 0.2) is 42.5 Å². The topological polar surface area (TPSA) is 69.7 Å². The molecule has 0 fully saturated rings. The monoisotopic (exact) mass is 430 g/mol. The van der Waals surface area contributed by atoms with E-state index in [2.05, 4.69) is 0 Å². The third kappa shape index (κ3) is 8.20. The van der Waals surface area contributed by atoms with Gasteiger partial charge in [-0.15, -0.1) is 0 Å². The van der Waals surface area contributed by atoms with E-state index < -0.39 is 9.84 Å². The summed E-state index contributed by atoms with van der Waals surface area (Å²) in [4.78, 5) is 11.9. The van der Waals surface area contributed by atoms with Crippen LogP contribution in [0.2, 0.25) is 10.0 Å². The Bertz CT molecular complexity index is 879. The predicted molar refractivity (Wildman–Crippen MR) is 107 cm³/mol. The van der Waals surface area contributed by atoms with Crippen molar-refractivity contribution in [1.82, 2.24) is 0 Å². The summed E-state index contributed by atoms with van der Waals surface area (Å²) < 4.78 is 33.4. The zero-order valence-corrected chi connectivity index (χ0v) is 17.1. The van der Waals surface area contributed by atoms with E-state index in [9.17, 15) is 13.2 Å². The lowest BCUT2D eigenvalue weighted by Gasteiger charge is -2.08. The summed E-state index contributed by atoms with van der Waals surface area (Å²) in [6.45, 7) is 0.335. The van der Waals surface area contributed by atoms with Crippen molar-refractivity contribution >= 4 is 38.8 Å². The standard InChI is InChI=1S/C19H20Cl2O5S/c1-27(23,24)13-14-4-6-16(7-5-14)26-12-15(22)3-2-10-25-17-8-9-18(20)19(21)11-17/h4-9,11H,2-3,10,12-13H2,1H3. The number of sulfone groups is 1. The first kappa shape index (κ1) is 21.5. The van der Waals surface area contributed by atoms with Crippen LogP contribution in [-0.2, 0) is 20.4 Å². The van der Waals surface area contributed by atoms with Gasteiger partial charge in [0.15, 0.2) is 15.6 Å². The number of carbonyl (C=O) groups excluding carboxylic acids is 1. The second kappa shape index (κ2) is 9.97. The van der Waals surface area contributed by atoms with E-state index in [0.717, 1.165) is 0 Å². The number of halogens is 2. The van der Waals surface area contributed by atoms with E-state index in [-0.39, 0.29) is 18.1 Å². The van der Waals surface area contributed by atoms with Gasteiger partial charge in [0, 0.05) is 18.7 Å².